The van der Waals surface area contributed by atoms with Gasteiger partial charge in [-0.05, 0) is 50.1 Å². The maximum atomic E-state index is 12.5. The van der Waals surface area contributed by atoms with Gasteiger partial charge < -0.3 is 10.6 Å². The zero-order valence-electron chi connectivity index (χ0n) is 14.3. The molecule has 0 unspecified atom stereocenters. The van der Waals surface area contributed by atoms with Crippen molar-refractivity contribution >= 4 is 40.7 Å². The summed E-state index contributed by atoms with van der Waals surface area (Å²) in [5.41, 5.74) is 1.19. The van der Waals surface area contributed by atoms with Gasteiger partial charge in [-0.1, -0.05) is 47.5 Å². The molecule has 0 saturated heterocycles. The van der Waals surface area contributed by atoms with Gasteiger partial charge in [0.05, 0.1) is 10.7 Å². The van der Waals surface area contributed by atoms with Crippen LogP contribution in [-0.4, -0.2) is 11.8 Å². The largest absolute Gasteiger partial charge is 0.351 e. The van der Waals surface area contributed by atoms with Crippen LogP contribution >= 0.6 is 23.2 Å². The molecular formula is C19H20Cl2N2O2. The summed E-state index contributed by atoms with van der Waals surface area (Å²) in [7, 11) is 0. The van der Waals surface area contributed by atoms with Crippen LogP contribution in [-0.2, 0) is 16.1 Å². The van der Waals surface area contributed by atoms with Crippen LogP contribution in [0.15, 0.2) is 42.5 Å². The first-order valence-electron chi connectivity index (χ1n) is 7.81. The number of halogens is 2. The molecule has 0 bridgehead atoms. The van der Waals surface area contributed by atoms with E-state index in [1.165, 1.54) is 0 Å². The SMILES string of the molecule is Cc1ccccc1CNC(=O)C(C)(C)C(=O)Nc1cc(Cl)ccc1Cl. The first-order valence-corrected chi connectivity index (χ1v) is 8.56. The molecule has 0 radical (unpaired) electrons. The van der Waals surface area contributed by atoms with Gasteiger partial charge in [0.15, 0.2) is 0 Å². The molecule has 0 saturated carbocycles. The normalized spacial score (nSPS) is 11.1. The van der Waals surface area contributed by atoms with E-state index in [4.69, 9.17) is 23.2 Å². The van der Waals surface area contributed by atoms with Gasteiger partial charge in [0.25, 0.3) is 0 Å². The van der Waals surface area contributed by atoms with Gasteiger partial charge in [-0.25, -0.2) is 0 Å². The monoisotopic (exact) mass is 378 g/mol. The van der Waals surface area contributed by atoms with Crippen molar-refractivity contribution in [2.75, 3.05) is 5.32 Å². The van der Waals surface area contributed by atoms with E-state index >= 15 is 0 Å². The Morgan fingerprint density at radius 3 is 2.40 bits per heavy atom. The van der Waals surface area contributed by atoms with Gasteiger partial charge in [0.1, 0.15) is 5.41 Å². The summed E-state index contributed by atoms with van der Waals surface area (Å²) in [5, 5.41) is 6.28. The Hall–Kier alpha value is -2.04. The number of hydrogen-bond acceptors (Lipinski definition) is 2. The van der Waals surface area contributed by atoms with E-state index in [1.54, 1.807) is 32.0 Å². The van der Waals surface area contributed by atoms with Crippen LogP contribution in [0.5, 0.6) is 0 Å². The fraction of sp³-hybridized carbons (Fsp3) is 0.263. The van der Waals surface area contributed by atoms with Crippen molar-refractivity contribution in [3.63, 3.8) is 0 Å². The van der Waals surface area contributed by atoms with E-state index in [0.717, 1.165) is 11.1 Å². The molecule has 0 spiro atoms. The number of rotatable bonds is 5. The number of hydrogen-bond donors (Lipinski definition) is 2. The lowest BCUT2D eigenvalue weighted by Gasteiger charge is -2.23. The Balaban J connectivity index is 2.06. The summed E-state index contributed by atoms with van der Waals surface area (Å²) in [4.78, 5) is 25.0. The number of anilines is 1. The fourth-order valence-corrected chi connectivity index (χ4v) is 2.52. The number of amides is 2. The highest BCUT2D eigenvalue weighted by Gasteiger charge is 2.36. The van der Waals surface area contributed by atoms with Crippen molar-refractivity contribution < 1.29 is 9.59 Å². The average molecular weight is 379 g/mol. The number of carbonyl (C=O) groups excluding carboxylic acids is 2. The van der Waals surface area contributed by atoms with Crippen molar-refractivity contribution in [1.29, 1.82) is 0 Å². The molecule has 2 aromatic carbocycles. The van der Waals surface area contributed by atoms with Gasteiger partial charge >= 0.3 is 0 Å². The van der Waals surface area contributed by atoms with Crippen LogP contribution in [0.25, 0.3) is 0 Å². The summed E-state index contributed by atoms with van der Waals surface area (Å²) in [5.74, 6) is -0.828. The Labute approximate surface area is 157 Å². The number of carbonyl (C=O) groups is 2. The van der Waals surface area contributed by atoms with Crippen LogP contribution in [0.4, 0.5) is 5.69 Å². The van der Waals surface area contributed by atoms with Crippen molar-refractivity contribution in [3.8, 4) is 0 Å². The summed E-state index contributed by atoms with van der Waals surface area (Å²) in [6.45, 7) is 5.46. The molecule has 0 aliphatic carbocycles. The molecule has 2 aromatic rings. The summed E-state index contributed by atoms with van der Waals surface area (Å²) < 4.78 is 0. The van der Waals surface area contributed by atoms with Gasteiger partial charge in [0, 0.05) is 11.6 Å². The van der Waals surface area contributed by atoms with Crippen molar-refractivity contribution in [1.82, 2.24) is 5.32 Å². The molecule has 2 amide bonds. The summed E-state index contributed by atoms with van der Waals surface area (Å²) in [6.07, 6.45) is 0. The lowest BCUT2D eigenvalue weighted by molar-refractivity contribution is -0.138. The van der Waals surface area contributed by atoms with Crippen LogP contribution in [0, 0.1) is 12.3 Å². The van der Waals surface area contributed by atoms with Crippen molar-refractivity contribution in [3.05, 3.63) is 63.6 Å². The molecule has 0 aliphatic rings. The molecule has 2 rings (SSSR count). The van der Waals surface area contributed by atoms with Gasteiger partial charge in [0.2, 0.25) is 11.8 Å². The minimum Gasteiger partial charge on any atom is -0.351 e. The number of benzene rings is 2. The first-order chi connectivity index (χ1) is 11.7. The smallest absolute Gasteiger partial charge is 0.239 e. The van der Waals surface area contributed by atoms with Crippen molar-refractivity contribution in [2.24, 2.45) is 5.41 Å². The zero-order chi connectivity index (χ0) is 18.6. The maximum Gasteiger partial charge on any atom is 0.239 e. The van der Waals surface area contributed by atoms with E-state index in [2.05, 4.69) is 10.6 Å². The maximum absolute atomic E-state index is 12.5. The molecule has 6 heteroatoms. The molecule has 132 valence electrons. The minimum absolute atomic E-state index is 0.355. The summed E-state index contributed by atoms with van der Waals surface area (Å²) >= 11 is 12.0. The number of nitrogens with one attached hydrogen (secondary N) is 2. The predicted molar refractivity (Wildman–Crippen MR) is 102 cm³/mol. The second kappa shape index (κ2) is 7.89. The highest BCUT2D eigenvalue weighted by Crippen LogP contribution is 2.27. The average Bonchev–Trinajstić information content (AvgIpc) is 2.57. The Morgan fingerprint density at radius 1 is 1.04 bits per heavy atom. The lowest BCUT2D eigenvalue weighted by atomic mass is 9.90. The Bertz CT molecular complexity index is 804. The molecule has 0 fully saturated rings. The van der Waals surface area contributed by atoms with Gasteiger partial charge in [-0.2, -0.15) is 0 Å². The first kappa shape index (κ1) is 19.3. The third kappa shape index (κ3) is 4.74. The van der Waals surface area contributed by atoms with Gasteiger partial charge in [-0.15, -0.1) is 0 Å². The van der Waals surface area contributed by atoms with E-state index in [1.807, 2.05) is 31.2 Å². The second-order valence-corrected chi connectivity index (χ2v) is 7.16. The minimum atomic E-state index is -1.27. The topological polar surface area (TPSA) is 58.2 Å². The third-order valence-corrected chi connectivity index (χ3v) is 4.58. The van der Waals surface area contributed by atoms with E-state index in [9.17, 15) is 9.59 Å². The molecule has 0 heterocycles. The molecule has 4 nitrogen and oxygen atoms in total. The Morgan fingerprint density at radius 2 is 1.72 bits per heavy atom. The van der Waals surface area contributed by atoms with E-state index in [-0.39, 0.29) is 5.91 Å². The van der Waals surface area contributed by atoms with Crippen LogP contribution in [0.3, 0.4) is 0 Å². The molecule has 2 N–H and O–H groups in total. The van der Waals surface area contributed by atoms with Crippen LogP contribution in [0.1, 0.15) is 25.0 Å². The highest BCUT2D eigenvalue weighted by molar-refractivity contribution is 6.35. The molecule has 25 heavy (non-hydrogen) atoms. The molecule has 0 aliphatic heterocycles. The highest BCUT2D eigenvalue weighted by atomic mass is 35.5. The fourth-order valence-electron chi connectivity index (χ4n) is 2.18. The Kier molecular flexibility index (Phi) is 6.09. The molecule has 0 atom stereocenters. The van der Waals surface area contributed by atoms with E-state index in [0.29, 0.717) is 22.3 Å². The standard InChI is InChI=1S/C19H20Cl2N2O2/c1-12-6-4-5-7-13(12)11-22-17(24)19(2,3)18(25)23-16-10-14(20)8-9-15(16)21/h4-10H,11H2,1-3H3,(H,22,24)(H,23,25). The van der Waals surface area contributed by atoms with E-state index < -0.39 is 11.3 Å². The van der Waals surface area contributed by atoms with Crippen molar-refractivity contribution in [2.45, 2.75) is 27.3 Å². The van der Waals surface area contributed by atoms with Crippen LogP contribution < -0.4 is 10.6 Å². The van der Waals surface area contributed by atoms with Gasteiger partial charge in [-0.3, -0.25) is 9.59 Å². The zero-order valence-corrected chi connectivity index (χ0v) is 15.8. The number of aryl methyl sites for hydroxylation is 1. The molecular weight excluding hydrogens is 359 g/mol. The lowest BCUT2D eigenvalue weighted by Crippen LogP contribution is -2.45. The summed E-state index contributed by atoms with van der Waals surface area (Å²) in [6, 6.07) is 12.5. The molecule has 0 aromatic heterocycles. The quantitative estimate of drug-likeness (QED) is 0.747. The predicted octanol–water partition coefficient (Wildman–Crippen LogP) is 4.58. The second-order valence-electron chi connectivity index (χ2n) is 6.31. The third-order valence-electron chi connectivity index (χ3n) is 4.01. The van der Waals surface area contributed by atoms with Crippen LogP contribution in [0.2, 0.25) is 10.0 Å².